The van der Waals surface area contributed by atoms with Crippen molar-refractivity contribution >= 4 is 23.7 Å². The van der Waals surface area contributed by atoms with Crippen molar-refractivity contribution in [2.24, 2.45) is 28.7 Å². The van der Waals surface area contributed by atoms with Crippen LogP contribution >= 0.6 is 0 Å². The van der Waals surface area contributed by atoms with Gasteiger partial charge < -0.3 is 21.5 Å². The zero-order valence-electron chi connectivity index (χ0n) is 10.8. The zero-order chi connectivity index (χ0) is 15.0. The van der Waals surface area contributed by atoms with E-state index in [9.17, 15) is 19.2 Å². The minimum atomic E-state index is -1.08. The number of carbonyl (C=O) groups is 4. The molecular weight excluding hydrogens is 254 g/mol. The van der Waals surface area contributed by atoms with E-state index in [1.54, 1.807) is 13.8 Å². The molecule has 1 aliphatic carbocycles. The molecule has 5 N–H and O–H groups in total. The molecule has 0 unspecified atom stereocenters. The summed E-state index contributed by atoms with van der Waals surface area (Å²) in [6.07, 6.45) is 0. The van der Waals surface area contributed by atoms with Crippen LogP contribution in [0.4, 0.5) is 0 Å². The molecule has 0 spiro atoms. The van der Waals surface area contributed by atoms with Crippen molar-refractivity contribution in [3.05, 3.63) is 0 Å². The van der Waals surface area contributed by atoms with E-state index >= 15 is 0 Å². The van der Waals surface area contributed by atoms with E-state index in [0.29, 0.717) is 0 Å². The second kappa shape index (κ2) is 4.87. The quantitative estimate of drug-likeness (QED) is 0.519. The van der Waals surface area contributed by atoms with Crippen LogP contribution in [0.15, 0.2) is 0 Å². The smallest absolute Gasteiger partial charge is 0.307 e. The first kappa shape index (κ1) is 14.9. The molecule has 8 heteroatoms. The Balaban J connectivity index is 2.86. The Morgan fingerprint density at radius 3 is 1.74 bits per heavy atom. The first-order valence-electron chi connectivity index (χ1n) is 5.67. The maximum Gasteiger partial charge on any atom is 0.307 e. The van der Waals surface area contributed by atoms with Gasteiger partial charge in [0, 0.05) is 0 Å². The van der Waals surface area contributed by atoms with Crippen LogP contribution in [0.25, 0.3) is 0 Å². The van der Waals surface area contributed by atoms with E-state index in [0.717, 1.165) is 4.90 Å². The summed E-state index contributed by atoms with van der Waals surface area (Å²) in [6, 6.07) is 0. The van der Waals surface area contributed by atoms with Gasteiger partial charge in [0.2, 0.25) is 17.7 Å². The number of rotatable bonds is 6. The highest BCUT2D eigenvalue weighted by molar-refractivity contribution is 5.95. The van der Waals surface area contributed by atoms with Crippen molar-refractivity contribution in [1.82, 2.24) is 4.90 Å². The Morgan fingerprint density at radius 2 is 1.47 bits per heavy atom. The predicted molar refractivity (Wildman–Crippen MR) is 63.4 cm³/mol. The van der Waals surface area contributed by atoms with Crippen LogP contribution in [-0.4, -0.2) is 46.8 Å². The number of carboxylic acid groups (broad SMARTS) is 1. The lowest BCUT2D eigenvalue weighted by Crippen LogP contribution is -2.44. The van der Waals surface area contributed by atoms with Crippen molar-refractivity contribution in [3.8, 4) is 0 Å². The van der Waals surface area contributed by atoms with Gasteiger partial charge in [-0.2, -0.15) is 0 Å². The SMILES string of the molecule is CC1(C)[C@H](C(=O)O)[C@@H]1C(=O)N(CC(N)=O)CC(N)=O. The predicted octanol–water partition coefficient (Wildman–Crippen LogP) is -1.86. The topological polar surface area (TPSA) is 144 Å². The number of amides is 3. The lowest BCUT2D eigenvalue weighted by Gasteiger charge is -2.20. The van der Waals surface area contributed by atoms with Gasteiger partial charge in [-0.05, 0) is 5.41 Å². The largest absolute Gasteiger partial charge is 0.481 e. The second-order valence-electron chi connectivity index (χ2n) is 5.24. The number of carbonyl (C=O) groups excluding carboxylic acids is 3. The minimum absolute atomic E-state index is 0.458. The van der Waals surface area contributed by atoms with Crippen molar-refractivity contribution in [2.45, 2.75) is 13.8 Å². The molecule has 0 saturated heterocycles. The Hall–Kier alpha value is -2.12. The van der Waals surface area contributed by atoms with Crippen LogP contribution < -0.4 is 11.5 Å². The molecule has 0 aliphatic heterocycles. The number of nitrogens with two attached hydrogens (primary N) is 2. The van der Waals surface area contributed by atoms with Crippen LogP contribution in [0.3, 0.4) is 0 Å². The van der Waals surface area contributed by atoms with Crippen molar-refractivity contribution in [3.63, 3.8) is 0 Å². The van der Waals surface area contributed by atoms with Gasteiger partial charge in [-0.1, -0.05) is 13.8 Å². The fraction of sp³-hybridized carbons (Fsp3) is 0.636. The number of hydrogen-bond donors (Lipinski definition) is 3. The molecule has 0 radical (unpaired) electrons. The monoisotopic (exact) mass is 271 g/mol. The molecule has 0 bridgehead atoms. The van der Waals surface area contributed by atoms with E-state index in [1.165, 1.54) is 0 Å². The first-order chi connectivity index (χ1) is 8.59. The van der Waals surface area contributed by atoms with Gasteiger partial charge in [0.1, 0.15) is 0 Å². The molecule has 1 rings (SSSR count). The lowest BCUT2D eigenvalue weighted by atomic mass is 10.1. The average Bonchev–Trinajstić information content (AvgIpc) is 2.78. The molecule has 106 valence electrons. The normalized spacial score (nSPS) is 23.5. The Bertz CT molecular complexity index is 430. The molecule has 0 heterocycles. The molecule has 0 aromatic heterocycles. The maximum absolute atomic E-state index is 12.2. The maximum atomic E-state index is 12.2. The van der Waals surface area contributed by atoms with Gasteiger partial charge in [0.05, 0.1) is 24.9 Å². The molecule has 0 aromatic rings. The summed E-state index contributed by atoms with van der Waals surface area (Å²) in [5.41, 5.74) is 9.26. The third-order valence-electron chi connectivity index (χ3n) is 3.36. The summed E-state index contributed by atoms with van der Waals surface area (Å²) in [5.74, 6) is -4.86. The van der Waals surface area contributed by atoms with Gasteiger partial charge in [-0.3, -0.25) is 19.2 Å². The standard InChI is InChI=1S/C11H17N3O5/c1-11(2)7(8(11)10(18)19)9(17)14(3-5(12)15)4-6(13)16/h7-8H,3-4H2,1-2H3,(H2,12,15)(H2,13,16)(H,18,19)/t7-,8+/m1/s1. The van der Waals surface area contributed by atoms with Gasteiger partial charge in [-0.15, -0.1) is 0 Å². The molecular formula is C11H17N3O5. The highest BCUT2D eigenvalue weighted by atomic mass is 16.4. The van der Waals surface area contributed by atoms with Gasteiger partial charge >= 0.3 is 5.97 Å². The Labute approximate surface area is 109 Å². The fourth-order valence-electron chi connectivity index (χ4n) is 2.34. The van der Waals surface area contributed by atoms with Crippen LogP contribution in [0.2, 0.25) is 0 Å². The molecule has 1 fully saturated rings. The zero-order valence-corrected chi connectivity index (χ0v) is 10.8. The van der Waals surface area contributed by atoms with Gasteiger partial charge in [-0.25, -0.2) is 0 Å². The van der Waals surface area contributed by atoms with Gasteiger partial charge in [0.25, 0.3) is 0 Å². The number of aliphatic carboxylic acids is 1. The van der Waals surface area contributed by atoms with Crippen molar-refractivity contribution in [1.29, 1.82) is 0 Å². The van der Waals surface area contributed by atoms with E-state index in [2.05, 4.69) is 0 Å². The molecule has 1 aliphatic rings. The molecule has 1 saturated carbocycles. The minimum Gasteiger partial charge on any atom is -0.481 e. The third-order valence-corrected chi connectivity index (χ3v) is 3.36. The highest BCUT2D eigenvalue weighted by Crippen LogP contribution is 2.58. The second-order valence-corrected chi connectivity index (χ2v) is 5.24. The van der Waals surface area contributed by atoms with E-state index in [1.807, 2.05) is 0 Å². The molecule has 3 amide bonds. The van der Waals surface area contributed by atoms with Crippen LogP contribution in [0.5, 0.6) is 0 Å². The summed E-state index contributed by atoms with van der Waals surface area (Å²) in [5, 5.41) is 9.00. The first-order valence-corrected chi connectivity index (χ1v) is 5.67. The van der Waals surface area contributed by atoms with Crippen LogP contribution in [0, 0.1) is 17.3 Å². The van der Waals surface area contributed by atoms with E-state index in [-0.39, 0.29) is 0 Å². The molecule has 19 heavy (non-hydrogen) atoms. The highest BCUT2D eigenvalue weighted by Gasteiger charge is 2.66. The number of carboxylic acids is 1. The Morgan fingerprint density at radius 1 is 1.05 bits per heavy atom. The van der Waals surface area contributed by atoms with E-state index in [4.69, 9.17) is 16.6 Å². The molecule has 2 atom stereocenters. The average molecular weight is 271 g/mol. The number of nitrogens with zero attached hydrogens (tertiary/aromatic N) is 1. The summed E-state index contributed by atoms with van der Waals surface area (Å²) in [6.45, 7) is 2.36. The number of primary amides is 2. The molecule has 0 aromatic carbocycles. The summed E-state index contributed by atoms with van der Waals surface area (Å²) in [7, 11) is 0. The summed E-state index contributed by atoms with van der Waals surface area (Å²) in [4.78, 5) is 45.8. The van der Waals surface area contributed by atoms with Crippen LogP contribution in [0.1, 0.15) is 13.8 Å². The molecule has 8 nitrogen and oxygen atoms in total. The lowest BCUT2D eigenvalue weighted by molar-refractivity contribution is -0.143. The number of hydrogen-bond acceptors (Lipinski definition) is 4. The van der Waals surface area contributed by atoms with Crippen molar-refractivity contribution in [2.75, 3.05) is 13.1 Å². The summed E-state index contributed by atoms with van der Waals surface area (Å²) < 4.78 is 0. The van der Waals surface area contributed by atoms with Crippen LogP contribution in [-0.2, 0) is 19.2 Å². The third kappa shape index (κ3) is 3.01. The van der Waals surface area contributed by atoms with Gasteiger partial charge in [0.15, 0.2) is 0 Å². The van der Waals surface area contributed by atoms with E-state index < -0.39 is 54.0 Å². The summed E-state index contributed by atoms with van der Waals surface area (Å²) >= 11 is 0. The van der Waals surface area contributed by atoms with Crippen molar-refractivity contribution < 1.29 is 24.3 Å². The Kier molecular flexibility index (Phi) is 3.83. The fourth-order valence-corrected chi connectivity index (χ4v) is 2.34.